The van der Waals surface area contributed by atoms with Gasteiger partial charge in [-0.15, -0.1) is 12.2 Å². The second-order valence-electron chi connectivity index (χ2n) is 4.31. The van der Waals surface area contributed by atoms with Crippen molar-refractivity contribution in [1.82, 2.24) is 0 Å². The quantitative estimate of drug-likeness (QED) is 0.480. The monoisotopic (exact) mass is 213 g/mol. The number of methoxy groups -OCH3 is 1. The summed E-state index contributed by atoms with van der Waals surface area (Å²) >= 11 is 0. The number of likely N-dealkylation sites (N-methyl/N-ethyl adjacent to an activating group) is 1. The Morgan fingerprint density at radius 2 is 2.19 bits per heavy atom. The first-order valence-electron chi connectivity index (χ1n) is 5.57. The number of hydrogen-bond acceptors (Lipinski definition) is 1. The summed E-state index contributed by atoms with van der Waals surface area (Å²) in [6, 6.07) is 1.38. The summed E-state index contributed by atoms with van der Waals surface area (Å²) in [5.74, 6) is 1.87. The Labute approximate surface area is 95.9 Å². The average Bonchev–Trinajstić information content (AvgIpc) is 2.64. The molecule has 2 unspecified atom stereocenters. The lowest BCUT2D eigenvalue weighted by atomic mass is 9.82. The van der Waals surface area contributed by atoms with Gasteiger partial charge in [0.05, 0.1) is 18.9 Å². The van der Waals surface area contributed by atoms with E-state index in [1.165, 1.54) is 11.8 Å². The summed E-state index contributed by atoms with van der Waals surface area (Å²) in [6.45, 7) is 0. The van der Waals surface area contributed by atoms with E-state index in [0.717, 1.165) is 5.76 Å². The van der Waals surface area contributed by atoms with E-state index >= 15 is 0 Å². The molecule has 0 radical (unpaired) electrons. The van der Waals surface area contributed by atoms with E-state index in [2.05, 4.69) is 48.1 Å². The lowest BCUT2D eigenvalue weighted by Crippen LogP contribution is -2.18. The highest BCUT2D eigenvalue weighted by atomic mass is 16.5. The van der Waals surface area contributed by atoms with Crippen molar-refractivity contribution < 1.29 is 9.31 Å². The van der Waals surface area contributed by atoms with E-state index in [4.69, 9.17) is 4.74 Å². The van der Waals surface area contributed by atoms with Crippen LogP contribution in [0.2, 0.25) is 0 Å². The molecule has 2 nitrogen and oxygen atoms in total. The molecule has 2 aliphatic carbocycles. The van der Waals surface area contributed by atoms with Gasteiger partial charge in [-0.1, -0.05) is 6.08 Å². The van der Waals surface area contributed by atoms with Crippen LogP contribution in [0.4, 0.5) is 0 Å². The lowest BCUT2D eigenvalue weighted by molar-refractivity contribution is -0.470. The molecule has 0 aromatic rings. The molecule has 1 heterocycles. The Bertz CT molecular complexity index is 465. The van der Waals surface area contributed by atoms with Crippen molar-refractivity contribution in [3.05, 3.63) is 54.3 Å². The molecule has 0 saturated carbocycles. The van der Waals surface area contributed by atoms with Gasteiger partial charge >= 0.3 is 0 Å². The van der Waals surface area contributed by atoms with Gasteiger partial charge in [-0.05, 0) is 18.2 Å². The molecule has 0 N–H and O–H groups in total. The van der Waals surface area contributed by atoms with Crippen molar-refractivity contribution in [3.63, 3.8) is 0 Å². The molecular weight excluding hydrogens is 198 g/mol. The molecule has 0 bridgehead atoms. The van der Waals surface area contributed by atoms with E-state index in [-0.39, 0.29) is 0 Å². The van der Waals surface area contributed by atoms with Gasteiger partial charge in [-0.2, -0.15) is 6.08 Å². The fourth-order valence-corrected chi connectivity index (χ4v) is 2.69. The topological polar surface area (TPSA) is 12.2 Å². The zero-order chi connectivity index (χ0) is 11.1. The molecule has 0 amide bonds. The fraction of sp³-hybridized carbons (Fsp3) is 0.286. The summed E-state index contributed by atoms with van der Waals surface area (Å²) in [4.78, 5) is 0. The largest absolute Gasteiger partial charge is 0.497 e. The fourth-order valence-electron chi connectivity index (χ4n) is 2.69. The third-order valence-corrected chi connectivity index (χ3v) is 3.54. The molecule has 0 aromatic carbocycles. The van der Waals surface area contributed by atoms with Crippen molar-refractivity contribution >= 4 is 5.71 Å². The summed E-state index contributed by atoms with van der Waals surface area (Å²) in [6.07, 6.45) is 15.1. The van der Waals surface area contributed by atoms with Gasteiger partial charge in [-0.3, -0.25) is 0 Å². The molecule has 16 heavy (non-hydrogen) atoms. The maximum atomic E-state index is 5.31. The predicted octanol–water partition coefficient (Wildman–Crippen LogP) is 2.07. The first-order chi connectivity index (χ1) is 7.81. The summed E-state index contributed by atoms with van der Waals surface area (Å²) < 4.78 is 7.59. The minimum Gasteiger partial charge on any atom is -0.497 e. The minimum atomic E-state index is 0.432. The smallest absolute Gasteiger partial charge is 0.116 e. The minimum absolute atomic E-state index is 0.432. The molecule has 82 valence electrons. The summed E-state index contributed by atoms with van der Waals surface area (Å²) in [5, 5.41) is 0. The van der Waals surface area contributed by atoms with Crippen LogP contribution < -0.4 is 0 Å². The Morgan fingerprint density at radius 3 is 3.00 bits per heavy atom. The Kier molecular flexibility index (Phi) is 2.03. The normalized spacial score (nSPS) is 30.4. The predicted molar refractivity (Wildman–Crippen MR) is 63.9 cm³/mol. The first-order valence-corrected chi connectivity index (χ1v) is 5.57. The SMILES string of the molecule is COC1=CC2C(=[N+](C)[C-]3C=CC=CC32)C=C1. The molecule has 0 aromatic heterocycles. The van der Waals surface area contributed by atoms with Crippen LogP contribution in [0.15, 0.2) is 48.3 Å². The van der Waals surface area contributed by atoms with Crippen molar-refractivity contribution in [2.75, 3.05) is 14.2 Å². The number of nitrogens with zero attached hydrogens (tertiary/aromatic N) is 1. The van der Waals surface area contributed by atoms with Crippen molar-refractivity contribution in [2.24, 2.45) is 11.8 Å². The van der Waals surface area contributed by atoms with Crippen LogP contribution >= 0.6 is 0 Å². The van der Waals surface area contributed by atoms with Gasteiger partial charge in [0.2, 0.25) is 0 Å². The van der Waals surface area contributed by atoms with E-state index < -0.39 is 0 Å². The third-order valence-electron chi connectivity index (χ3n) is 3.54. The van der Waals surface area contributed by atoms with E-state index in [0.29, 0.717) is 11.8 Å². The second kappa shape index (κ2) is 3.41. The summed E-state index contributed by atoms with van der Waals surface area (Å²) in [7, 11) is 3.86. The van der Waals surface area contributed by atoms with E-state index in [1.807, 2.05) is 6.08 Å². The Balaban J connectivity index is 2.04. The molecule has 1 aliphatic heterocycles. The molecule has 0 fully saturated rings. The highest BCUT2D eigenvalue weighted by Gasteiger charge is 2.39. The number of ether oxygens (including phenoxy) is 1. The van der Waals surface area contributed by atoms with Crippen LogP contribution in [0, 0.1) is 17.9 Å². The van der Waals surface area contributed by atoms with Crippen LogP contribution in [-0.4, -0.2) is 24.4 Å². The molecule has 2 heteroatoms. The molecule has 3 rings (SSSR count). The Morgan fingerprint density at radius 1 is 1.31 bits per heavy atom. The van der Waals surface area contributed by atoms with Crippen LogP contribution in [0.1, 0.15) is 0 Å². The van der Waals surface area contributed by atoms with Gasteiger partial charge in [0.15, 0.2) is 0 Å². The van der Waals surface area contributed by atoms with Crippen LogP contribution in [0.3, 0.4) is 0 Å². The lowest BCUT2D eigenvalue weighted by Gasteiger charge is -2.22. The number of allylic oxidation sites excluding steroid dienone is 5. The van der Waals surface area contributed by atoms with E-state index in [1.54, 1.807) is 7.11 Å². The zero-order valence-corrected chi connectivity index (χ0v) is 9.55. The summed E-state index contributed by atoms with van der Waals surface area (Å²) in [5.41, 5.74) is 1.36. The van der Waals surface area contributed by atoms with E-state index in [9.17, 15) is 0 Å². The van der Waals surface area contributed by atoms with Gasteiger partial charge in [-0.25, -0.2) is 0 Å². The van der Waals surface area contributed by atoms with Crippen molar-refractivity contribution in [2.45, 2.75) is 0 Å². The van der Waals surface area contributed by atoms with Crippen LogP contribution in [0.5, 0.6) is 0 Å². The van der Waals surface area contributed by atoms with Gasteiger partial charge < -0.3 is 9.31 Å². The third kappa shape index (κ3) is 1.19. The molecule has 2 atom stereocenters. The number of rotatable bonds is 1. The zero-order valence-electron chi connectivity index (χ0n) is 9.55. The van der Waals surface area contributed by atoms with Gasteiger partial charge in [0.25, 0.3) is 0 Å². The maximum absolute atomic E-state index is 5.31. The number of fused-ring (bicyclic) bond motifs is 3. The van der Waals surface area contributed by atoms with Gasteiger partial charge in [0.1, 0.15) is 12.8 Å². The molecule has 0 saturated heterocycles. The molecular formula is C14H15NO. The number of hydrogen-bond donors (Lipinski definition) is 0. The average molecular weight is 213 g/mol. The van der Waals surface area contributed by atoms with Crippen molar-refractivity contribution in [1.29, 1.82) is 0 Å². The Hall–Kier alpha value is -1.70. The highest BCUT2D eigenvalue weighted by molar-refractivity contribution is 5.97. The first kappa shape index (κ1) is 9.52. The second-order valence-corrected chi connectivity index (χ2v) is 4.31. The standard InChI is InChI=1S/C14H15NO/c1-15-13-6-4-3-5-11(13)12-9-10(16-2)7-8-14(12)15/h3-9,11-12H,1-2H3. The van der Waals surface area contributed by atoms with Crippen LogP contribution in [0.25, 0.3) is 0 Å². The highest BCUT2D eigenvalue weighted by Crippen LogP contribution is 2.39. The van der Waals surface area contributed by atoms with Crippen LogP contribution in [-0.2, 0) is 4.74 Å². The van der Waals surface area contributed by atoms with Gasteiger partial charge in [0, 0.05) is 11.8 Å². The molecule has 0 spiro atoms. The molecule has 3 aliphatic rings. The maximum Gasteiger partial charge on any atom is 0.116 e. The van der Waals surface area contributed by atoms with Crippen molar-refractivity contribution in [3.8, 4) is 0 Å².